The Morgan fingerprint density at radius 2 is 2.24 bits per heavy atom. The van der Waals surface area contributed by atoms with Gasteiger partial charge in [0.25, 0.3) is 0 Å². The van der Waals surface area contributed by atoms with Crippen LogP contribution < -0.4 is 5.73 Å². The molecule has 0 spiro atoms. The third kappa shape index (κ3) is 2.19. The Bertz CT molecular complexity index is 514. The van der Waals surface area contributed by atoms with Crippen LogP contribution in [0.3, 0.4) is 0 Å². The van der Waals surface area contributed by atoms with Crippen LogP contribution in [0.4, 0.5) is 0 Å². The van der Waals surface area contributed by atoms with Crippen LogP contribution in [0.2, 0.25) is 0 Å². The van der Waals surface area contributed by atoms with Gasteiger partial charge in [-0.15, -0.1) is 0 Å². The van der Waals surface area contributed by atoms with Gasteiger partial charge in [0.15, 0.2) is 0 Å². The van der Waals surface area contributed by atoms with E-state index in [4.69, 9.17) is 10.7 Å². The summed E-state index contributed by atoms with van der Waals surface area (Å²) in [4.78, 5) is 4.74. The summed E-state index contributed by atoms with van der Waals surface area (Å²) in [5, 5.41) is 0. The predicted octanol–water partition coefficient (Wildman–Crippen LogP) is 2.40. The van der Waals surface area contributed by atoms with Crippen LogP contribution in [-0.4, -0.2) is 20.9 Å². The van der Waals surface area contributed by atoms with E-state index in [1.165, 1.54) is 30.0 Å². The molecule has 0 radical (unpaired) electrons. The quantitative estimate of drug-likeness (QED) is 0.886. The van der Waals surface area contributed by atoms with Gasteiger partial charge in [0.2, 0.25) is 0 Å². The van der Waals surface area contributed by atoms with Gasteiger partial charge in [0.05, 0.1) is 5.69 Å². The van der Waals surface area contributed by atoms with Crippen LogP contribution in [0.15, 0.2) is 24.5 Å². The molecule has 0 bridgehead atoms. The zero-order chi connectivity index (χ0) is 11.7. The van der Waals surface area contributed by atoms with Gasteiger partial charge in [-0.1, -0.05) is 0 Å². The minimum Gasteiger partial charge on any atom is -0.326 e. The lowest BCUT2D eigenvalue weighted by Crippen LogP contribution is -2.07. The maximum absolute atomic E-state index is 5.65. The van der Waals surface area contributed by atoms with Crippen LogP contribution in [0, 0.1) is 0 Å². The van der Waals surface area contributed by atoms with Crippen molar-refractivity contribution in [2.24, 2.45) is 5.73 Å². The molecule has 3 heterocycles. The van der Waals surface area contributed by atoms with Crippen molar-refractivity contribution in [1.29, 1.82) is 0 Å². The average molecular weight is 247 g/mol. The van der Waals surface area contributed by atoms with Crippen molar-refractivity contribution in [1.82, 2.24) is 9.38 Å². The lowest BCUT2D eigenvalue weighted by atomic mass is 10.00. The van der Waals surface area contributed by atoms with Crippen molar-refractivity contribution in [3.8, 4) is 0 Å². The van der Waals surface area contributed by atoms with Crippen molar-refractivity contribution in [3.63, 3.8) is 0 Å². The van der Waals surface area contributed by atoms with E-state index in [0.717, 1.165) is 11.2 Å². The first-order valence-electron chi connectivity index (χ1n) is 6.12. The summed E-state index contributed by atoms with van der Waals surface area (Å²) < 4.78 is 2.11. The van der Waals surface area contributed by atoms with Gasteiger partial charge in [-0.05, 0) is 42.0 Å². The number of rotatable bonds is 2. The van der Waals surface area contributed by atoms with E-state index in [1.54, 1.807) is 0 Å². The topological polar surface area (TPSA) is 43.3 Å². The van der Waals surface area contributed by atoms with E-state index in [1.807, 2.05) is 0 Å². The summed E-state index contributed by atoms with van der Waals surface area (Å²) >= 11 is 2.06. The van der Waals surface area contributed by atoms with Gasteiger partial charge in [-0.25, -0.2) is 4.98 Å². The molecule has 0 aromatic carbocycles. The largest absolute Gasteiger partial charge is 0.326 e. The fraction of sp³-hybridized carbons (Fsp3) is 0.462. The summed E-state index contributed by atoms with van der Waals surface area (Å²) in [7, 11) is 0. The highest BCUT2D eigenvalue weighted by atomic mass is 32.2. The second-order valence-electron chi connectivity index (χ2n) is 4.56. The van der Waals surface area contributed by atoms with Crippen LogP contribution in [0.25, 0.3) is 5.65 Å². The Hall–Kier alpha value is -1.00. The molecule has 1 saturated heterocycles. The minimum atomic E-state index is 0.582. The lowest BCUT2D eigenvalue weighted by Gasteiger charge is -2.18. The van der Waals surface area contributed by atoms with E-state index < -0.39 is 0 Å². The van der Waals surface area contributed by atoms with Crippen LogP contribution in [0.1, 0.15) is 30.0 Å². The van der Waals surface area contributed by atoms with Gasteiger partial charge >= 0.3 is 0 Å². The molecule has 1 aliphatic heterocycles. The average Bonchev–Trinajstić information content (AvgIpc) is 2.82. The molecule has 90 valence electrons. The molecule has 1 fully saturated rings. The normalized spacial score (nSPS) is 17.7. The molecule has 3 rings (SSSR count). The highest BCUT2D eigenvalue weighted by Gasteiger charge is 2.18. The zero-order valence-corrected chi connectivity index (χ0v) is 10.6. The standard InChI is InChI=1S/C13H17N3S/c14-8-10-1-4-16-9-12(15-13(16)7-10)11-2-5-17-6-3-11/h1,4,7,9,11H,2-3,5-6,8,14H2. The Morgan fingerprint density at radius 3 is 3.00 bits per heavy atom. The maximum Gasteiger partial charge on any atom is 0.137 e. The van der Waals surface area contributed by atoms with Crippen molar-refractivity contribution in [2.45, 2.75) is 25.3 Å². The van der Waals surface area contributed by atoms with Gasteiger partial charge in [-0.3, -0.25) is 0 Å². The SMILES string of the molecule is NCc1ccn2cc(C3CCSCC3)nc2c1. The van der Waals surface area contributed by atoms with Crippen LogP contribution >= 0.6 is 11.8 Å². The number of imidazole rings is 1. The van der Waals surface area contributed by atoms with E-state index in [-0.39, 0.29) is 0 Å². The fourth-order valence-corrected chi connectivity index (χ4v) is 3.47. The third-order valence-corrected chi connectivity index (χ3v) is 4.47. The van der Waals surface area contributed by atoms with Crippen LogP contribution in [0.5, 0.6) is 0 Å². The Labute approximate surface area is 105 Å². The second-order valence-corrected chi connectivity index (χ2v) is 5.78. The summed E-state index contributed by atoms with van der Waals surface area (Å²) in [6, 6.07) is 4.15. The monoisotopic (exact) mass is 247 g/mol. The fourth-order valence-electron chi connectivity index (χ4n) is 2.36. The number of aromatic nitrogens is 2. The Kier molecular flexibility index (Phi) is 3.07. The smallest absolute Gasteiger partial charge is 0.137 e. The van der Waals surface area contributed by atoms with Gasteiger partial charge < -0.3 is 10.1 Å². The number of fused-ring (bicyclic) bond motifs is 1. The van der Waals surface area contributed by atoms with Crippen LogP contribution in [-0.2, 0) is 6.54 Å². The van der Waals surface area contributed by atoms with Crippen molar-refractivity contribution >= 4 is 17.4 Å². The molecule has 3 nitrogen and oxygen atoms in total. The predicted molar refractivity (Wildman–Crippen MR) is 72.4 cm³/mol. The molecule has 2 N–H and O–H groups in total. The minimum absolute atomic E-state index is 0.582. The number of nitrogens with two attached hydrogens (primary N) is 1. The molecular weight excluding hydrogens is 230 g/mol. The molecule has 0 amide bonds. The number of hydrogen-bond acceptors (Lipinski definition) is 3. The van der Waals surface area contributed by atoms with Crippen molar-refractivity contribution in [2.75, 3.05) is 11.5 Å². The summed E-state index contributed by atoms with van der Waals surface area (Å²) in [6.07, 6.45) is 6.76. The highest BCUT2D eigenvalue weighted by molar-refractivity contribution is 7.99. The number of nitrogens with zero attached hydrogens (tertiary/aromatic N) is 2. The van der Waals surface area contributed by atoms with Gasteiger partial charge in [0, 0.05) is 24.9 Å². The summed E-state index contributed by atoms with van der Waals surface area (Å²) in [5.41, 5.74) is 9.08. The molecular formula is C13H17N3S. The molecule has 4 heteroatoms. The van der Waals surface area contributed by atoms with E-state index in [9.17, 15) is 0 Å². The van der Waals surface area contributed by atoms with Gasteiger partial charge in [-0.2, -0.15) is 11.8 Å². The Balaban J connectivity index is 1.95. The Morgan fingerprint density at radius 1 is 1.41 bits per heavy atom. The van der Waals surface area contributed by atoms with Crippen molar-refractivity contribution in [3.05, 3.63) is 35.8 Å². The molecule has 2 aromatic rings. The first-order valence-corrected chi connectivity index (χ1v) is 7.27. The van der Waals surface area contributed by atoms with Gasteiger partial charge in [0.1, 0.15) is 5.65 Å². The summed E-state index contributed by atoms with van der Waals surface area (Å²) in [5.74, 6) is 3.19. The highest BCUT2D eigenvalue weighted by Crippen LogP contribution is 2.30. The number of pyridine rings is 1. The molecule has 0 atom stereocenters. The number of thioether (sulfide) groups is 1. The van der Waals surface area contributed by atoms with E-state index >= 15 is 0 Å². The summed E-state index contributed by atoms with van der Waals surface area (Å²) in [6.45, 7) is 0.582. The molecule has 17 heavy (non-hydrogen) atoms. The lowest BCUT2D eigenvalue weighted by molar-refractivity contribution is 0.623. The molecule has 0 aliphatic carbocycles. The first-order chi connectivity index (χ1) is 8.36. The molecule has 0 unspecified atom stereocenters. The zero-order valence-electron chi connectivity index (χ0n) is 9.80. The van der Waals surface area contributed by atoms with Crippen molar-refractivity contribution < 1.29 is 0 Å². The second kappa shape index (κ2) is 4.70. The third-order valence-electron chi connectivity index (χ3n) is 3.42. The maximum atomic E-state index is 5.65. The molecule has 1 aliphatic rings. The molecule has 2 aromatic heterocycles. The van der Waals surface area contributed by atoms with E-state index in [2.05, 4.69) is 40.7 Å². The molecule has 0 saturated carbocycles. The first kappa shape index (κ1) is 11.1. The number of hydrogen-bond donors (Lipinski definition) is 1. The van der Waals surface area contributed by atoms with E-state index in [0.29, 0.717) is 12.5 Å².